The molecular weight excluding hydrogens is 328 g/mol. The molecule has 0 saturated heterocycles. The zero-order valence-corrected chi connectivity index (χ0v) is 14.0. The van der Waals surface area contributed by atoms with Crippen LogP contribution in [0.15, 0.2) is 78.9 Å². The molecule has 0 aliphatic rings. The van der Waals surface area contributed by atoms with Crippen LogP contribution in [0.25, 0.3) is 11.1 Å². The summed E-state index contributed by atoms with van der Waals surface area (Å²) in [7, 11) is 0. The Balaban J connectivity index is 1.56. The van der Waals surface area contributed by atoms with E-state index in [1.807, 2.05) is 42.5 Å². The van der Waals surface area contributed by atoms with E-state index in [1.165, 1.54) is 6.07 Å². The topological polar surface area (TPSA) is 78.4 Å². The summed E-state index contributed by atoms with van der Waals surface area (Å²) in [6, 6.07) is 23.4. The third-order valence-electron chi connectivity index (χ3n) is 3.84. The van der Waals surface area contributed by atoms with Gasteiger partial charge < -0.3 is 15.7 Å². The fourth-order valence-corrected chi connectivity index (χ4v) is 2.48. The van der Waals surface area contributed by atoms with Crippen molar-refractivity contribution >= 4 is 17.5 Å². The zero-order chi connectivity index (χ0) is 18.4. The lowest BCUT2D eigenvalue weighted by Gasteiger charge is -2.09. The molecule has 0 atom stereocenters. The molecule has 0 heterocycles. The van der Waals surface area contributed by atoms with Gasteiger partial charge in [-0.2, -0.15) is 0 Å². The number of amides is 2. The highest BCUT2D eigenvalue weighted by Gasteiger charge is 2.10. The number of benzene rings is 3. The van der Waals surface area contributed by atoms with Crippen molar-refractivity contribution in [2.45, 2.75) is 0 Å². The summed E-state index contributed by atoms with van der Waals surface area (Å²) in [6.45, 7) is -0.187. The molecule has 2 amide bonds. The molecule has 3 aromatic carbocycles. The van der Waals surface area contributed by atoms with Crippen LogP contribution in [0.5, 0.6) is 5.75 Å². The van der Waals surface area contributed by atoms with Crippen molar-refractivity contribution < 1.29 is 14.7 Å². The van der Waals surface area contributed by atoms with Gasteiger partial charge in [0.2, 0.25) is 5.91 Å². The van der Waals surface area contributed by atoms with Crippen molar-refractivity contribution in [1.82, 2.24) is 5.32 Å². The lowest BCUT2D eigenvalue weighted by molar-refractivity contribution is -0.115. The number of phenols is 1. The van der Waals surface area contributed by atoms with Gasteiger partial charge in [0, 0.05) is 5.56 Å². The van der Waals surface area contributed by atoms with Crippen molar-refractivity contribution in [2.75, 3.05) is 11.9 Å². The number of hydrogen-bond acceptors (Lipinski definition) is 3. The maximum atomic E-state index is 12.2. The minimum atomic E-state index is -0.416. The Morgan fingerprint density at radius 2 is 1.38 bits per heavy atom. The highest BCUT2D eigenvalue weighted by molar-refractivity contribution is 6.00. The largest absolute Gasteiger partial charge is 0.506 e. The van der Waals surface area contributed by atoms with Gasteiger partial charge in [0.05, 0.1) is 12.2 Å². The van der Waals surface area contributed by atoms with Crippen LogP contribution >= 0.6 is 0 Å². The summed E-state index contributed by atoms with van der Waals surface area (Å²) in [5.74, 6) is -0.776. The molecule has 0 unspecified atom stereocenters. The Bertz CT molecular complexity index is 906. The van der Waals surface area contributed by atoms with E-state index in [0.29, 0.717) is 11.3 Å². The van der Waals surface area contributed by atoms with E-state index in [2.05, 4.69) is 10.6 Å². The van der Waals surface area contributed by atoms with Gasteiger partial charge in [-0.05, 0) is 35.4 Å². The molecule has 3 N–H and O–H groups in total. The first-order chi connectivity index (χ1) is 12.6. The summed E-state index contributed by atoms with van der Waals surface area (Å²) in [5, 5.41) is 14.7. The Labute approximate surface area is 151 Å². The number of carbonyl (C=O) groups is 2. The van der Waals surface area contributed by atoms with Crippen LogP contribution in [0, 0.1) is 0 Å². The predicted molar refractivity (Wildman–Crippen MR) is 101 cm³/mol. The first kappa shape index (κ1) is 17.2. The van der Waals surface area contributed by atoms with E-state index in [-0.39, 0.29) is 18.2 Å². The second kappa shape index (κ2) is 7.98. The standard InChI is InChI=1S/C21H18N2O3/c24-19-9-5-4-8-18(19)23-20(25)14-22-21(26)17-12-10-16(11-13-17)15-6-2-1-3-7-15/h1-13,24H,14H2,(H,22,26)(H,23,25). The zero-order valence-electron chi connectivity index (χ0n) is 14.0. The molecule has 0 aliphatic carbocycles. The van der Waals surface area contributed by atoms with Crippen LogP contribution in [0.3, 0.4) is 0 Å². The second-order valence-electron chi connectivity index (χ2n) is 5.69. The average molecular weight is 346 g/mol. The number of carbonyl (C=O) groups excluding carboxylic acids is 2. The average Bonchev–Trinajstić information content (AvgIpc) is 2.69. The Morgan fingerprint density at radius 3 is 2.08 bits per heavy atom. The fraction of sp³-hybridized carbons (Fsp3) is 0.0476. The highest BCUT2D eigenvalue weighted by Crippen LogP contribution is 2.21. The molecule has 3 aromatic rings. The quantitative estimate of drug-likeness (QED) is 0.619. The monoisotopic (exact) mass is 346 g/mol. The molecule has 130 valence electrons. The van der Waals surface area contributed by atoms with Crippen LogP contribution in [-0.2, 0) is 4.79 Å². The molecule has 5 nitrogen and oxygen atoms in total. The molecule has 0 saturated carbocycles. The third kappa shape index (κ3) is 4.27. The summed E-state index contributed by atoms with van der Waals surface area (Å²) in [6.07, 6.45) is 0. The van der Waals surface area contributed by atoms with E-state index >= 15 is 0 Å². The third-order valence-corrected chi connectivity index (χ3v) is 3.84. The molecule has 3 rings (SSSR count). The maximum Gasteiger partial charge on any atom is 0.251 e. The van der Waals surface area contributed by atoms with E-state index in [9.17, 15) is 14.7 Å². The van der Waals surface area contributed by atoms with Crippen molar-refractivity contribution in [3.05, 3.63) is 84.4 Å². The normalized spacial score (nSPS) is 10.2. The Morgan fingerprint density at radius 1 is 0.769 bits per heavy atom. The summed E-state index contributed by atoms with van der Waals surface area (Å²) >= 11 is 0. The first-order valence-corrected chi connectivity index (χ1v) is 8.15. The molecule has 0 fully saturated rings. The highest BCUT2D eigenvalue weighted by atomic mass is 16.3. The van der Waals surface area contributed by atoms with Crippen molar-refractivity contribution in [3.63, 3.8) is 0 Å². The first-order valence-electron chi connectivity index (χ1n) is 8.15. The van der Waals surface area contributed by atoms with Gasteiger partial charge in [-0.3, -0.25) is 9.59 Å². The molecule has 26 heavy (non-hydrogen) atoms. The number of rotatable bonds is 5. The van der Waals surface area contributed by atoms with E-state index in [1.54, 1.807) is 30.3 Å². The Hall–Kier alpha value is -3.60. The molecule has 0 spiro atoms. The number of nitrogens with one attached hydrogen (secondary N) is 2. The summed E-state index contributed by atoms with van der Waals surface area (Å²) in [5.41, 5.74) is 2.86. The van der Waals surface area contributed by atoms with Crippen molar-refractivity contribution in [1.29, 1.82) is 0 Å². The van der Waals surface area contributed by atoms with Crippen LogP contribution in [0.1, 0.15) is 10.4 Å². The fourth-order valence-electron chi connectivity index (χ4n) is 2.48. The van der Waals surface area contributed by atoms with E-state index in [4.69, 9.17) is 0 Å². The van der Waals surface area contributed by atoms with E-state index < -0.39 is 5.91 Å². The van der Waals surface area contributed by atoms with Gasteiger partial charge in [-0.1, -0.05) is 54.6 Å². The molecule has 0 aromatic heterocycles. The minimum Gasteiger partial charge on any atom is -0.506 e. The van der Waals surface area contributed by atoms with Crippen LogP contribution in [0.2, 0.25) is 0 Å². The van der Waals surface area contributed by atoms with Gasteiger partial charge in [0.1, 0.15) is 5.75 Å². The van der Waals surface area contributed by atoms with Crippen molar-refractivity contribution in [3.8, 4) is 16.9 Å². The number of para-hydroxylation sites is 2. The lowest BCUT2D eigenvalue weighted by atomic mass is 10.0. The predicted octanol–water partition coefficient (Wildman–Crippen LogP) is 3.43. The molecular formula is C21H18N2O3. The van der Waals surface area contributed by atoms with Gasteiger partial charge in [-0.25, -0.2) is 0 Å². The van der Waals surface area contributed by atoms with Gasteiger partial charge in [0.25, 0.3) is 5.91 Å². The van der Waals surface area contributed by atoms with Crippen molar-refractivity contribution in [2.24, 2.45) is 0 Å². The SMILES string of the molecule is O=C(CNC(=O)c1ccc(-c2ccccc2)cc1)Nc1ccccc1O. The number of phenolic OH excluding ortho intramolecular Hbond substituents is 1. The maximum absolute atomic E-state index is 12.2. The number of hydrogen-bond donors (Lipinski definition) is 3. The number of aromatic hydroxyl groups is 1. The molecule has 0 aliphatic heterocycles. The summed E-state index contributed by atoms with van der Waals surface area (Å²) in [4.78, 5) is 24.1. The number of anilines is 1. The Kier molecular flexibility index (Phi) is 5.29. The molecule has 0 bridgehead atoms. The van der Waals surface area contributed by atoms with Gasteiger partial charge in [0.15, 0.2) is 0 Å². The van der Waals surface area contributed by atoms with Gasteiger partial charge >= 0.3 is 0 Å². The van der Waals surface area contributed by atoms with Crippen LogP contribution < -0.4 is 10.6 Å². The molecule has 5 heteroatoms. The van der Waals surface area contributed by atoms with Crippen LogP contribution in [-0.4, -0.2) is 23.5 Å². The van der Waals surface area contributed by atoms with Gasteiger partial charge in [-0.15, -0.1) is 0 Å². The molecule has 0 radical (unpaired) electrons. The van der Waals surface area contributed by atoms with Crippen LogP contribution in [0.4, 0.5) is 5.69 Å². The second-order valence-corrected chi connectivity index (χ2v) is 5.69. The smallest absolute Gasteiger partial charge is 0.251 e. The minimum absolute atomic E-state index is 0.0244. The summed E-state index contributed by atoms with van der Waals surface area (Å²) < 4.78 is 0. The van der Waals surface area contributed by atoms with E-state index in [0.717, 1.165) is 11.1 Å². The lowest BCUT2D eigenvalue weighted by Crippen LogP contribution is -2.32.